The molecule has 19 heavy (non-hydrogen) atoms. The van der Waals surface area contributed by atoms with E-state index in [0.717, 1.165) is 18.4 Å². The van der Waals surface area contributed by atoms with Gasteiger partial charge in [0, 0.05) is 12.1 Å². The van der Waals surface area contributed by atoms with E-state index in [-0.39, 0.29) is 11.9 Å². The first kappa shape index (κ1) is 16.0. The molecule has 0 fully saturated rings. The molecule has 1 aromatic carbocycles. The second-order valence-electron chi connectivity index (χ2n) is 5.06. The van der Waals surface area contributed by atoms with Crippen LogP contribution in [0.2, 0.25) is 0 Å². The summed E-state index contributed by atoms with van der Waals surface area (Å²) in [5.74, 6) is 0.00537. The Labute approximate surface area is 116 Å². The van der Waals surface area contributed by atoms with E-state index in [1.54, 1.807) is 12.1 Å². The average Bonchev–Trinajstić information content (AvgIpc) is 2.39. The molecule has 0 bridgehead atoms. The number of nitrogens with one attached hydrogen (secondary N) is 1. The number of rotatable bonds is 8. The molecule has 0 radical (unpaired) electrons. The Morgan fingerprint density at radius 1 is 1.21 bits per heavy atom. The fourth-order valence-corrected chi connectivity index (χ4v) is 2.41. The molecule has 0 aliphatic heterocycles. The third-order valence-electron chi connectivity index (χ3n) is 3.44. The summed E-state index contributed by atoms with van der Waals surface area (Å²) < 4.78 is 18.6. The van der Waals surface area contributed by atoms with Crippen molar-refractivity contribution in [2.75, 3.05) is 7.11 Å². The Morgan fingerprint density at radius 3 is 2.32 bits per heavy atom. The van der Waals surface area contributed by atoms with Crippen molar-refractivity contribution in [3.8, 4) is 5.75 Å². The van der Waals surface area contributed by atoms with Crippen LogP contribution in [0.4, 0.5) is 4.39 Å². The third kappa shape index (κ3) is 4.83. The van der Waals surface area contributed by atoms with Crippen molar-refractivity contribution in [3.05, 3.63) is 29.6 Å². The van der Waals surface area contributed by atoms with Crippen LogP contribution in [0.3, 0.4) is 0 Å². The van der Waals surface area contributed by atoms with Gasteiger partial charge in [-0.25, -0.2) is 4.39 Å². The van der Waals surface area contributed by atoms with Crippen molar-refractivity contribution in [2.24, 2.45) is 0 Å². The molecule has 0 saturated heterocycles. The van der Waals surface area contributed by atoms with E-state index in [0.29, 0.717) is 11.8 Å². The first-order valence-corrected chi connectivity index (χ1v) is 7.21. The second-order valence-corrected chi connectivity index (χ2v) is 5.06. The average molecular weight is 267 g/mol. The zero-order valence-corrected chi connectivity index (χ0v) is 12.5. The number of hydrogen-bond donors (Lipinski definition) is 1. The minimum absolute atomic E-state index is 0.156. The molecule has 1 N–H and O–H groups in total. The van der Waals surface area contributed by atoms with E-state index >= 15 is 0 Å². The van der Waals surface area contributed by atoms with Crippen molar-refractivity contribution in [1.29, 1.82) is 0 Å². The molecule has 1 atom stereocenters. The topological polar surface area (TPSA) is 21.3 Å². The van der Waals surface area contributed by atoms with Gasteiger partial charge in [0.05, 0.1) is 7.11 Å². The molecular formula is C16H26FNO. The highest BCUT2D eigenvalue weighted by Gasteiger charge is 2.13. The molecular weight excluding hydrogens is 241 g/mol. The molecule has 0 saturated carbocycles. The SMILES string of the molecule is CCCC(CCC)NC(C)c1ccc(OC)c(F)c1. The van der Waals surface area contributed by atoms with E-state index in [1.807, 2.05) is 6.07 Å². The van der Waals surface area contributed by atoms with Gasteiger partial charge >= 0.3 is 0 Å². The van der Waals surface area contributed by atoms with Crippen molar-refractivity contribution < 1.29 is 9.13 Å². The highest BCUT2D eigenvalue weighted by atomic mass is 19.1. The lowest BCUT2D eigenvalue weighted by Crippen LogP contribution is -2.31. The van der Waals surface area contributed by atoms with Gasteiger partial charge in [-0.2, -0.15) is 0 Å². The summed E-state index contributed by atoms with van der Waals surface area (Å²) in [6, 6.07) is 5.84. The standard InChI is InChI=1S/C16H26FNO/c1-5-7-14(8-6-2)18-12(3)13-9-10-16(19-4)15(17)11-13/h9-12,14,18H,5-8H2,1-4H3. The van der Waals surface area contributed by atoms with Gasteiger partial charge in [-0.05, 0) is 37.5 Å². The molecule has 1 rings (SSSR count). The van der Waals surface area contributed by atoms with Gasteiger partial charge < -0.3 is 10.1 Å². The number of methoxy groups -OCH3 is 1. The van der Waals surface area contributed by atoms with E-state index in [2.05, 4.69) is 26.1 Å². The maximum absolute atomic E-state index is 13.7. The number of halogens is 1. The van der Waals surface area contributed by atoms with Crippen LogP contribution in [0.5, 0.6) is 5.75 Å². The van der Waals surface area contributed by atoms with E-state index in [4.69, 9.17) is 4.74 Å². The van der Waals surface area contributed by atoms with Crippen LogP contribution in [0.25, 0.3) is 0 Å². The summed E-state index contributed by atoms with van der Waals surface area (Å²) in [7, 11) is 1.48. The lowest BCUT2D eigenvalue weighted by molar-refractivity contribution is 0.382. The summed E-state index contributed by atoms with van der Waals surface area (Å²) in [6.07, 6.45) is 4.66. The molecule has 1 unspecified atom stereocenters. The molecule has 0 aromatic heterocycles. The molecule has 0 heterocycles. The lowest BCUT2D eigenvalue weighted by Gasteiger charge is -2.23. The Morgan fingerprint density at radius 2 is 1.84 bits per heavy atom. The van der Waals surface area contributed by atoms with Crippen LogP contribution in [-0.2, 0) is 0 Å². The van der Waals surface area contributed by atoms with Crippen molar-refractivity contribution in [1.82, 2.24) is 5.32 Å². The number of benzene rings is 1. The van der Waals surface area contributed by atoms with Crippen molar-refractivity contribution in [2.45, 2.75) is 58.5 Å². The molecule has 108 valence electrons. The smallest absolute Gasteiger partial charge is 0.165 e. The Kier molecular flexibility index (Phi) is 6.85. The quantitative estimate of drug-likeness (QED) is 0.751. The Bertz CT molecular complexity index is 375. The Balaban J connectivity index is 2.70. The van der Waals surface area contributed by atoms with Crippen molar-refractivity contribution >= 4 is 0 Å². The fraction of sp³-hybridized carbons (Fsp3) is 0.625. The predicted molar refractivity (Wildman–Crippen MR) is 78.1 cm³/mol. The molecule has 0 aliphatic carbocycles. The second kappa shape index (κ2) is 8.16. The summed E-state index contributed by atoms with van der Waals surface area (Å²) in [5, 5.41) is 3.59. The zero-order chi connectivity index (χ0) is 14.3. The third-order valence-corrected chi connectivity index (χ3v) is 3.44. The summed E-state index contributed by atoms with van der Waals surface area (Å²) in [5.41, 5.74) is 0.968. The van der Waals surface area contributed by atoms with Gasteiger partial charge in [0.25, 0.3) is 0 Å². The molecule has 1 aromatic rings. The van der Waals surface area contributed by atoms with Gasteiger partial charge in [-0.1, -0.05) is 32.8 Å². The lowest BCUT2D eigenvalue weighted by atomic mass is 10.0. The maximum atomic E-state index is 13.7. The minimum atomic E-state index is -0.295. The minimum Gasteiger partial charge on any atom is -0.494 e. The molecule has 0 aliphatic rings. The molecule has 0 amide bonds. The van der Waals surface area contributed by atoms with Crippen LogP contribution >= 0.6 is 0 Å². The summed E-state index contributed by atoms with van der Waals surface area (Å²) in [4.78, 5) is 0. The van der Waals surface area contributed by atoms with Crippen LogP contribution in [0.1, 0.15) is 58.1 Å². The van der Waals surface area contributed by atoms with Gasteiger partial charge in [-0.15, -0.1) is 0 Å². The normalized spacial score (nSPS) is 12.7. The van der Waals surface area contributed by atoms with Crippen LogP contribution in [0.15, 0.2) is 18.2 Å². The van der Waals surface area contributed by atoms with Gasteiger partial charge in [0.15, 0.2) is 11.6 Å². The highest BCUT2D eigenvalue weighted by Crippen LogP contribution is 2.22. The van der Waals surface area contributed by atoms with Crippen LogP contribution < -0.4 is 10.1 Å². The number of hydrogen-bond acceptors (Lipinski definition) is 2. The van der Waals surface area contributed by atoms with Gasteiger partial charge in [0.1, 0.15) is 0 Å². The van der Waals surface area contributed by atoms with Crippen molar-refractivity contribution in [3.63, 3.8) is 0 Å². The molecule has 3 heteroatoms. The highest BCUT2D eigenvalue weighted by molar-refractivity contribution is 5.30. The summed E-state index contributed by atoms with van der Waals surface area (Å²) >= 11 is 0. The first-order chi connectivity index (χ1) is 9.12. The maximum Gasteiger partial charge on any atom is 0.165 e. The molecule has 0 spiro atoms. The monoisotopic (exact) mass is 267 g/mol. The summed E-state index contributed by atoms with van der Waals surface area (Å²) in [6.45, 7) is 6.48. The van der Waals surface area contributed by atoms with Crippen LogP contribution in [0, 0.1) is 5.82 Å². The van der Waals surface area contributed by atoms with E-state index < -0.39 is 0 Å². The Hall–Kier alpha value is -1.09. The first-order valence-electron chi connectivity index (χ1n) is 7.21. The fourth-order valence-electron chi connectivity index (χ4n) is 2.41. The predicted octanol–water partition coefficient (Wildman–Crippen LogP) is 4.45. The molecule has 2 nitrogen and oxygen atoms in total. The van der Waals surface area contributed by atoms with Crippen LogP contribution in [-0.4, -0.2) is 13.2 Å². The van der Waals surface area contributed by atoms with Gasteiger partial charge in [-0.3, -0.25) is 0 Å². The number of ether oxygens (including phenoxy) is 1. The van der Waals surface area contributed by atoms with Gasteiger partial charge in [0.2, 0.25) is 0 Å². The van der Waals surface area contributed by atoms with E-state index in [1.165, 1.54) is 20.0 Å². The largest absolute Gasteiger partial charge is 0.494 e. The zero-order valence-electron chi connectivity index (χ0n) is 12.5. The van der Waals surface area contributed by atoms with E-state index in [9.17, 15) is 4.39 Å².